The first-order valence-corrected chi connectivity index (χ1v) is 8.52. The largest absolute Gasteiger partial charge is 0.481 e. The number of sulfonamides is 1. The van der Waals surface area contributed by atoms with Crippen molar-refractivity contribution in [3.05, 3.63) is 36.5 Å². The Morgan fingerprint density at radius 2 is 2.05 bits per heavy atom. The first kappa shape index (κ1) is 13.7. The zero-order valence-corrected chi connectivity index (χ0v) is 12.4. The summed E-state index contributed by atoms with van der Waals surface area (Å²) in [6.45, 7) is 0. The average molecular weight is 318 g/mol. The number of hydrogen-bond donors (Lipinski definition) is 2. The van der Waals surface area contributed by atoms with Crippen molar-refractivity contribution >= 4 is 26.9 Å². The highest BCUT2D eigenvalue weighted by atomic mass is 32.2. The molecule has 2 aliphatic carbocycles. The molecule has 22 heavy (non-hydrogen) atoms. The van der Waals surface area contributed by atoms with Crippen LogP contribution in [0.2, 0.25) is 0 Å². The van der Waals surface area contributed by atoms with E-state index in [2.05, 4.69) is 9.71 Å². The number of rotatable bonds is 4. The van der Waals surface area contributed by atoms with Gasteiger partial charge in [-0.25, -0.2) is 13.1 Å². The van der Waals surface area contributed by atoms with Crippen molar-refractivity contribution in [2.24, 2.45) is 11.3 Å². The molecule has 1 aromatic carbocycles. The number of carbonyl (C=O) groups is 1. The van der Waals surface area contributed by atoms with Crippen LogP contribution >= 0.6 is 0 Å². The Kier molecular flexibility index (Phi) is 2.65. The van der Waals surface area contributed by atoms with Crippen molar-refractivity contribution in [3.63, 3.8) is 0 Å². The van der Waals surface area contributed by atoms with E-state index in [0.717, 1.165) is 5.39 Å². The van der Waals surface area contributed by atoms with E-state index in [-0.39, 0.29) is 16.9 Å². The van der Waals surface area contributed by atoms with Crippen molar-refractivity contribution in [2.45, 2.75) is 23.8 Å². The van der Waals surface area contributed by atoms with Gasteiger partial charge in [0.25, 0.3) is 0 Å². The van der Waals surface area contributed by atoms with Gasteiger partial charge in [-0.3, -0.25) is 9.78 Å². The summed E-state index contributed by atoms with van der Waals surface area (Å²) in [4.78, 5) is 15.4. The van der Waals surface area contributed by atoms with Gasteiger partial charge in [-0.15, -0.1) is 0 Å². The lowest BCUT2D eigenvalue weighted by Crippen LogP contribution is -2.48. The number of aliphatic carboxylic acids is 1. The van der Waals surface area contributed by atoms with Crippen LogP contribution in [0.25, 0.3) is 10.9 Å². The van der Waals surface area contributed by atoms with Crippen LogP contribution in [0.5, 0.6) is 0 Å². The second kappa shape index (κ2) is 4.27. The second-order valence-corrected chi connectivity index (χ2v) is 7.72. The Balaban J connectivity index is 1.63. The predicted octanol–water partition coefficient (Wildman–Crippen LogP) is 1.38. The van der Waals surface area contributed by atoms with Crippen molar-refractivity contribution in [1.29, 1.82) is 0 Å². The molecule has 2 aromatic rings. The van der Waals surface area contributed by atoms with Crippen molar-refractivity contribution in [2.75, 3.05) is 0 Å². The zero-order valence-electron chi connectivity index (χ0n) is 11.6. The molecular weight excluding hydrogens is 304 g/mol. The predicted molar refractivity (Wildman–Crippen MR) is 78.6 cm³/mol. The summed E-state index contributed by atoms with van der Waals surface area (Å²) in [5, 5.41) is 9.88. The third kappa shape index (κ3) is 1.79. The summed E-state index contributed by atoms with van der Waals surface area (Å²) in [6, 6.07) is 8.28. The van der Waals surface area contributed by atoms with Crippen LogP contribution in [0.15, 0.2) is 41.4 Å². The molecule has 0 aliphatic heterocycles. The highest BCUT2D eigenvalue weighted by Gasteiger charge is 2.72. The van der Waals surface area contributed by atoms with E-state index in [4.69, 9.17) is 5.11 Å². The molecule has 1 aromatic heterocycles. The van der Waals surface area contributed by atoms with E-state index in [0.29, 0.717) is 18.4 Å². The Bertz CT molecular complexity index is 890. The fourth-order valence-corrected chi connectivity index (χ4v) is 4.94. The van der Waals surface area contributed by atoms with E-state index < -0.39 is 21.4 Å². The number of nitrogens with one attached hydrogen (secondary N) is 1. The normalized spacial score (nSPS) is 29.6. The number of para-hydroxylation sites is 1. The van der Waals surface area contributed by atoms with Gasteiger partial charge in [-0.1, -0.05) is 18.2 Å². The lowest BCUT2D eigenvalue weighted by molar-refractivity contribution is -0.147. The maximum atomic E-state index is 12.6. The highest BCUT2D eigenvalue weighted by Crippen LogP contribution is 2.67. The Morgan fingerprint density at radius 3 is 2.73 bits per heavy atom. The van der Waals surface area contributed by atoms with Gasteiger partial charge in [-0.2, -0.15) is 0 Å². The van der Waals surface area contributed by atoms with Crippen LogP contribution in [0, 0.1) is 11.3 Å². The molecule has 0 amide bonds. The van der Waals surface area contributed by atoms with E-state index in [1.165, 1.54) is 6.07 Å². The van der Waals surface area contributed by atoms with Crippen LogP contribution in [0.1, 0.15) is 12.8 Å². The third-order valence-electron chi connectivity index (χ3n) is 4.82. The maximum absolute atomic E-state index is 12.6. The van der Waals surface area contributed by atoms with Crippen LogP contribution in [0.4, 0.5) is 0 Å². The number of pyridine rings is 1. The van der Waals surface area contributed by atoms with Gasteiger partial charge in [0, 0.05) is 17.6 Å². The Hall–Kier alpha value is -1.99. The second-order valence-electron chi connectivity index (χ2n) is 6.04. The van der Waals surface area contributed by atoms with Crippen molar-refractivity contribution < 1.29 is 18.3 Å². The number of benzene rings is 1. The lowest BCUT2D eigenvalue weighted by atomic mass is 9.81. The molecule has 0 unspecified atom stereocenters. The van der Waals surface area contributed by atoms with E-state index in [1.54, 1.807) is 30.5 Å². The fourth-order valence-electron chi connectivity index (χ4n) is 3.48. The van der Waals surface area contributed by atoms with Gasteiger partial charge in [0.2, 0.25) is 10.0 Å². The molecule has 6 nitrogen and oxygen atoms in total. The summed E-state index contributed by atoms with van der Waals surface area (Å²) in [6.07, 6.45) is 2.48. The van der Waals surface area contributed by atoms with Crippen LogP contribution < -0.4 is 4.72 Å². The summed E-state index contributed by atoms with van der Waals surface area (Å²) in [5.74, 6) is -0.900. The average Bonchev–Trinajstić information content (AvgIpc) is 3.11. The molecule has 3 atom stereocenters. The molecule has 0 saturated heterocycles. The van der Waals surface area contributed by atoms with Gasteiger partial charge in [0.15, 0.2) is 0 Å². The number of carboxylic acid groups (broad SMARTS) is 1. The smallest absolute Gasteiger partial charge is 0.310 e. The maximum Gasteiger partial charge on any atom is 0.310 e. The van der Waals surface area contributed by atoms with Gasteiger partial charge in [0.1, 0.15) is 4.90 Å². The first-order valence-electron chi connectivity index (χ1n) is 7.03. The molecule has 2 aliphatic rings. The van der Waals surface area contributed by atoms with Crippen LogP contribution in [-0.2, 0) is 14.8 Å². The van der Waals surface area contributed by atoms with Gasteiger partial charge in [-0.05, 0) is 30.9 Å². The summed E-state index contributed by atoms with van der Waals surface area (Å²) < 4.78 is 27.8. The molecule has 114 valence electrons. The number of nitrogens with zero attached hydrogens (tertiary/aromatic N) is 1. The summed E-state index contributed by atoms with van der Waals surface area (Å²) in [7, 11) is -3.71. The van der Waals surface area contributed by atoms with E-state index in [9.17, 15) is 13.2 Å². The van der Waals surface area contributed by atoms with E-state index >= 15 is 0 Å². The molecule has 2 N–H and O–H groups in total. The minimum absolute atomic E-state index is 0.0808. The summed E-state index contributed by atoms with van der Waals surface area (Å²) in [5.41, 5.74) is -0.249. The first-order chi connectivity index (χ1) is 10.4. The minimum atomic E-state index is -3.71. The van der Waals surface area contributed by atoms with Crippen LogP contribution in [-0.4, -0.2) is 30.5 Å². The molecule has 7 heteroatoms. The van der Waals surface area contributed by atoms with E-state index in [1.807, 2.05) is 0 Å². The van der Waals surface area contributed by atoms with Crippen molar-refractivity contribution in [3.8, 4) is 0 Å². The fraction of sp³-hybridized carbons (Fsp3) is 0.333. The third-order valence-corrected chi connectivity index (χ3v) is 6.34. The number of carboxylic acids is 1. The number of fused-ring (bicyclic) bond motifs is 2. The standard InChI is InChI=1S/C15H14N2O4S/c18-14(19)15-7-10(15)11(8-15)17-22(20,21)12-5-1-3-9-4-2-6-16-13(9)12/h1-6,10-11,17H,7-8H2,(H,18,19)/t10-,11-,15-/m0/s1. The number of aromatic nitrogens is 1. The highest BCUT2D eigenvalue weighted by molar-refractivity contribution is 7.89. The molecule has 1 heterocycles. The topological polar surface area (TPSA) is 96.4 Å². The summed E-state index contributed by atoms with van der Waals surface area (Å²) >= 11 is 0. The number of hydrogen-bond acceptors (Lipinski definition) is 4. The molecule has 2 saturated carbocycles. The SMILES string of the molecule is O=C(O)[C@@]12C[C@H](NS(=O)(=O)c3cccc4cccnc34)[C@@H]1C2. The van der Waals surface area contributed by atoms with Crippen molar-refractivity contribution in [1.82, 2.24) is 9.71 Å². The minimum Gasteiger partial charge on any atom is -0.481 e. The quantitative estimate of drug-likeness (QED) is 0.887. The molecule has 0 bridgehead atoms. The zero-order chi connectivity index (χ0) is 15.5. The Morgan fingerprint density at radius 1 is 1.27 bits per heavy atom. The monoisotopic (exact) mass is 318 g/mol. The molecule has 0 radical (unpaired) electrons. The van der Waals surface area contributed by atoms with Crippen LogP contribution in [0.3, 0.4) is 0 Å². The lowest BCUT2D eigenvalue weighted by Gasteiger charge is -2.31. The molecular formula is C15H14N2O4S. The Labute approximate surface area is 127 Å². The molecule has 4 rings (SSSR count). The van der Waals surface area contributed by atoms with Gasteiger partial charge >= 0.3 is 5.97 Å². The van der Waals surface area contributed by atoms with Gasteiger partial charge < -0.3 is 5.11 Å². The molecule has 2 fully saturated rings. The van der Waals surface area contributed by atoms with Gasteiger partial charge in [0.05, 0.1) is 10.9 Å². The molecule has 0 spiro atoms.